The summed E-state index contributed by atoms with van der Waals surface area (Å²) in [6.07, 6.45) is 0. The van der Waals surface area contributed by atoms with Gasteiger partial charge in [-0.15, -0.1) is 0 Å². The van der Waals surface area contributed by atoms with Crippen LogP contribution in [0.2, 0.25) is 0 Å². The van der Waals surface area contributed by atoms with E-state index in [1.807, 2.05) is 68.4 Å². The average Bonchev–Trinajstić information content (AvgIpc) is 2.74. The van der Waals surface area contributed by atoms with Crippen LogP contribution in [0.4, 0.5) is 5.69 Å². The van der Waals surface area contributed by atoms with Crippen LogP contribution in [-0.2, 0) is 4.79 Å². The topological polar surface area (TPSA) is 104 Å². The predicted octanol–water partition coefficient (Wildman–Crippen LogP) is 2.46. The van der Waals surface area contributed by atoms with Crippen molar-refractivity contribution in [3.8, 4) is 0 Å². The van der Waals surface area contributed by atoms with Crippen LogP contribution in [0, 0.1) is 0 Å². The predicted molar refractivity (Wildman–Crippen MR) is 123 cm³/mol. The summed E-state index contributed by atoms with van der Waals surface area (Å²) >= 11 is -0.0185. The summed E-state index contributed by atoms with van der Waals surface area (Å²) in [4.78, 5) is 23.1. The van der Waals surface area contributed by atoms with E-state index in [9.17, 15) is 9.59 Å². The first kappa shape index (κ1) is 24.8. The third-order valence-electron chi connectivity index (χ3n) is 3.47. The fraction of sp³-hybridized carbons (Fsp3) is 0.238. The van der Waals surface area contributed by atoms with E-state index in [-0.39, 0.29) is 32.3 Å². The molecule has 2 rings (SSSR count). The average molecular weight is 480 g/mol. The maximum absolute atomic E-state index is 12.6. The molecule has 0 aromatic heterocycles. The van der Waals surface area contributed by atoms with Crippen LogP contribution in [0.5, 0.6) is 0 Å². The van der Waals surface area contributed by atoms with Crippen LogP contribution in [0.25, 0.3) is 0 Å². The number of nitrogens with one attached hydrogen (secondary N) is 2. The van der Waals surface area contributed by atoms with E-state index in [4.69, 9.17) is 10.8 Å². The largest absolute Gasteiger partial charge is 0.0683 e. The van der Waals surface area contributed by atoms with E-state index in [2.05, 4.69) is 17.2 Å². The first-order valence-corrected chi connectivity index (χ1v) is 13.0. The Balaban J connectivity index is 0.00000204. The Bertz CT molecular complexity index is 803. The van der Waals surface area contributed by atoms with E-state index in [0.29, 0.717) is 17.0 Å². The summed E-state index contributed by atoms with van der Waals surface area (Å²) in [7, 11) is 1.62. The zero-order valence-corrected chi connectivity index (χ0v) is 19.1. The van der Waals surface area contributed by atoms with E-state index >= 15 is 0 Å². The number of carbonyl (C=O) groups excluding carboxylic acids is 1. The van der Waals surface area contributed by atoms with Crippen LogP contribution < -0.4 is 20.8 Å². The molecule has 0 heterocycles. The van der Waals surface area contributed by atoms with Gasteiger partial charge in [0.2, 0.25) is 0 Å². The van der Waals surface area contributed by atoms with Crippen LogP contribution in [0.15, 0.2) is 66.9 Å². The van der Waals surface area contributed by atoms with Gasteiger partial charge in [0, 0.05) is 0 Å². The van der Waals surface area contributed by atoms with Gasteiger partial charge in [0.1, 0.15) is 0 Å². The van der Waals surface area contributed by atoms with E-state index < -0.39 is 5.97 Å². The molecule has 29 heavy (non-hydrogen) atoms. The van der Waals surface area contributed by atoms with E-state index in [1.54, 1.807) is 10.2 Å². The molecule has 0 radical (unpaired) electrons. The van der Waals surface area contributed by atoms with Crippen molar-refractivity contribution < 1.29 is 14.7 Å². The minimum Gasteiger partial charge on any atom is -0.0683 e. The number of carbonyl (C=O) groups is 2. The van der Waals surface area contributed by atoms with Crippen molar-refractivity contribution in [2.75, 3.05) is 17.6 Å². The molecule has 2 aromatic carbocycles. The zero-order chi connectivity index (χ0) is 21.6. The van der Waals surface area contributed by atoms with Gasteiger partial charge in [-0.25, -0.2) is 0 Å². The molecule has 0 aliphatic heterocycles. The second kappa shape index (κ2) is 13.8. The van der Waals surface area contributed by atoms with Crippen LogP contribution in [0.3, 0.4) is 0 Å². The molecule has 8 heteroatoms. The molecule has 156 valence electrons. The van der Waals surface area contributed by atoms with Crippen molar-refractivity contribution in [3.05, 3.63) is 72.4 Å². The van der Waals surface area contributed by atoms with E-state index in [0.717, 1.165) is 10.1 Å². The molecule has 0 fully saturated rings. The van der Waals surface area contributed by atoms with Crippen LogP contribution >= 0.6 is 10.2 Å². The fourth-order valence-corrected chi connectivity index (χ4v) is 6.29. The van der Waals surface area contributed by atoms with Crippen molar-refractivity contribution in [2.24, 2.45) is 5.73 Å². The molecule has 0 aliphatic carbocycles. The first-order chi connectivity index (χ1) is 14.0. The number of aliphatic carboxylic acids is 1. The number of amides is 1. The summed E-state index contributed by atoms with van der Waals surface area (Å²) in [6, 6.07) is 16.5. The van der Waals surface area contributed by atoms with Gasteiger partial charge < -0.3 is 0 Å². The Morgan fingerprint density at radius 1 is 1.14 bits per heavy atom. The monoisotopic (exact) mass is 481 g/mol. The number of anilines is 1. The van der Waals surface area contributed by atoms with Gasteiger partial charge in [-0.3, -0.25) is 0 Å². The van der Waals surface area contributed by atoms with Crippen LogP contribution in [0.1, 0.15) is 24.2 Å². The molecule has 0 saturated heterocycles. The number of rotatable bonds is 10. The second-order valence-electron chi connectivity index (χ2n) is 5.56. The molecule has 1 amide bonds. The van der Waals surface area contributed by atoms with Gasteiger partial charge in [0.05, 0.1) is 0 Å². The Morgan fingerprint density at radius 2 is 1.76 bits per heavy atom. The maximum atomic E-state index is 12.6. The Labute approximate surface area is 181 Å². The molecule has 1 unspecified atom stereocenters. The second-order valence-corrected chi connectivity index (χ2v) is 9.75. The molecule has 0 bridgehead atoms. The minimum absolute atomic E-state index is 0.0185. The summed E-state index contributed by atoms with van der Waals surface area (Å²) in [5.74, 6) is -0.519. The van der Waals surface area contributed by atoms with Gasteiger partial charge in [0.15, 0.2) is 0 Å². The molecule has 1 atom stereocenters. The van der Waals surface area contributed by atoms with Crippen LogP contribution in [-0.4, -0.2) is 49.2 Å². The maximum Gasteiger partial charge on any atom is -0.0683 e. The summed E-state index contributed by atoms with van der Waals surface area (Å²) in [5, 5.41) is 14.3. The van der Waals surface area contributed by atoms with Crippen molar-refractivity contribution in [3.63, 3.8) is 0 Å². The summed E-state index contributed by atoms with van der Waals surface area (Å²) in [6.45, 7) is 7.57. The smallest absolute Gasteiger partial charge is 0.0683 e. The number of hydrogen-bond acceptors (Lipinski definition) is 5. The molecule has 5 N–H and O–H groups in total. The summed E-state index contributed by atoms with van der Waals surface area (Å²) in [5.41, 5.74) is 7.91. The third-order valence-corrected chi connectivity index (χ3v) is 7.74. The van der Waals surface area contributed by atoms with Gasteiger partial charge in [-0.05, 0) is 0 Å². The number of para-hydroxylation sites is 1. The number of carboxylic acid groups (broad SMARTS) is 1. The minimum atomic E-state index is -0.960. The van der Waals surface area contributed by atoms with Crippen molar-refractivity contribution >= 4 is 46.0 Å². The Hall–Kier alpha value is -2.25. The molecule has 0 spiro atoms. The Morgan fingerprint density at radius 3 is 2.41 bits per heavy atom. The molecule has 0 aliphatic rings. The quantitative estimate of drug-likeness (QED) is 0.390. The van der Waals surface area contributed by atoms with E-state index in [1.165, 1.54) is 0 Å². The molecule has 2 aromatic rings. The number of nitrogens with two attached hydrogens (primary N) is 1. The normalized spacial score (nSPS) is 10.9. The van der Waals surface area contributed by atoms with Gasteiger partial charge in [-0.2, -0.15) is 0 Å². The first-order valence-electron chi connectivity index (χ1n) is 9.12. The van der Waals surface area contributed by atoms with Crippen molar-refractivity contribution in [1.29, 1.82) is 0 Å². The van der Waals surface area contributed by atoms with Gasteiger partial charge >= 0.3 is 168 Å². The number of carboxylic acids is 1. The number of benzene rings is 2. The third kappa shape index (κ3) is 9.19. The van der Waals surface area contributed by atoms with Gasteiger partial charge in [-0.1, -0.05) is 13.8 Å². The number of hydrogen-bond donors (Lipinski definition) is 4. The SMILES string of the molecule is C=C(NCC(=O)O)C(N)CS[Se]c1ccccc1C(=O)Nc1ccccc1.CC. The summed E-state index contributed by atoms with van der Waals surface area (Å²) < 4.78 is 0.972. The molecular formula is C21H27N3O3SSe. The fourth-order valence-electron chi connectivity index (χ4n) is 2.04. The molecule has 0 saturated carbocycles. The standard InChI is InChI=1S/C19H21N3O3SSe.C2H6/c1-13(21-11-18(23)24)16(20)12-26-27-17-10-6-5-9-15(17)19(25)22-14-7-3-2-4-8-14;1-2/h2-10,16,21H,1,11-12,20H2,(H,22,25)(H,23,24);1-2H3. The van der Waals surface area contributed by atoms with Gasteiger partial charge in [0.25, 0.3) is 0 Å². The zero-order valence-electron chi connectivity index (χ0n) is 16.6. The molecular weight excluding hydrogens is 453 g/mol. The van der Waals surface area contributed by atoms with Crippen molar-refractivity contribution in [2.45, 2.75) is 19.9 Å². The van der Waals surface area contributed by atoms with Crippen molar-refractivity contribution in [1.82, 2.24) is 5.32 Å². The molecule has 6 nitrogen and oxygen atoms in total. The Kier molecular flexibility index (Phi) is 11.8.